The molecule has 0 aromatic heterocycles. The molecule has 1 aliphatic heterocycles. The summed E-state index contributed by atoms with van der Waals surface area (Å²) in [5.74, 6) is -2.41. The highest BCUT2D eigenvalue weighted by atomic mass is 19.4. The van der Waals surface area contributed by atoms with Gasteiger partial charge in [-0.05, 0) is 30.2 Å². The van der Waals surface area contributed by atoms with Gasteiger partial charge >= 0.3 is 12.1 Å². The number of rotatable bonds is 7. The molecule has 9 nitrogen and oxygen atoms in total. The molecule has 1 saturated heterocycles. The van der Waals surface area contributed by atoms with Gasteiger partial charge in [0.05, 0.1) is 24.4 Å². The summed E-state index contributed by atoms with van der Waals surface area (Å²) in [6.07, 6.45) is -10.3. The van der Waals surface area contributed by atoms with Crippen molar-refractivity contribution in [1.29, 1.82) is 0 Å². The van der Waals surface area contributed by atoms with Gasteiger partial charge in [0.25, 0.3) is 5.90 Å². The first-order chi connectivity index (χ1) is 16.7. The van der Waals surface area contributed by atoms with Crippen LogP contribution in [0.1, 0.15) is 19.4 Å². The second kappa shape index (κ2) is 11.7. The zero-order chi connectivity index (χ0) is 25.4. The standard InChI is InChI=1S/C23H23F3N4O5/c1-14-18(29-30-27)19(32-13-16-9-5-3-6-10-16)20(34-15(2)31)21(33-14)35-22(23(24,25)26)28-17-11-7-4-8-12-17/h3-12,14,18-21H,13H2,1-2H3/b28-22+/t14-,18-,19+,20+,21-/m1/s1. The number of nitrogens with zero attached hydrogens (tertiary/aromatic N) is 4. The summed E-state index contributed by atoms with van der Waals surface area (Å²) in [6, 6.07) is 15.3. The van der Waals surface area contributed by atoms with Gasteiger partial charge in [-0.25, -0.2) is 4.99 Å². The number of aliphatic imine (C=N–C) groups is 1. The van der Waals surface area contributed by atoms with Gasteiger partial charge in [-0.3, -0.25) is 4.79 Å². The number of benzene rings is 2. The van der Waals surface area contributed by atoms with E-state index in [1.54, 1.807) is 36.4 Å². The Balaban J connectivity index is 1.95. The van der Waals surface area contributed by atoms with E-state index < -0.39 is 48.7 Å². The SMILES string of the molecule is CC(=O)O[C@@H]1[C@@H](O/C(=N/c2ccccc2)C(F)(F)F)O[C@H](C)[C@@H](N=[N+]=[N-])[C@@H]1OCc1ccccc1. The molecule has 3 rings (SSSR count). The number of esters is 1. The van der Waals surface area contributed by atoms with Crippen molar-refractivity contribution >= 4 is 17.6 Å². The maximum absolute atomic E-state index is 13.8. The van der Waals surface area contributed by atoms with E-state index in [9.17, 15) is 18.0 Å². The molecular formula is C23H23F3N4O5. The third-order valence-electron chi connectivity index (χ3n) is 4.99. The van der Waals surface area contributed by atoms with Crippen LogP contribution in [0.5, 0.6) is 0 Å². The van der Waals surface area contributed by atoms with Gasteiger partial charge < -0.3 is 18.9 Å². The van der Waals surface area contributed by atoms with Crippen LogP contribution in [0, 0.1) is 0 Å². The smallest absolute Gasteiger partial charge is 0.453 e. The lowest BCUT2D eigenvalue weighted by Crippen LogP contribution is -2.59. The highest BCUT2D eigenvalue weighted by Crippen LogP contribution is 2.32. The summed E-state index contributed by atoms with van der Waals surface area (Å²) in [7, 11) is 0. The van der Waals surface area contributed by atoms with Crippen LogP contribution < -0.4 is 0 Å². The minimum Gasteiger partial charge on any atom is -0.453 e. The molecule has 2 aromatic carbocycles. The topological polar surface area (TPSA) is 115 Å². The molecule has 186 valence electrons. The van der Waals surface area contributed by atoms with E-state index in [2.05, 4.69) is 15.0 Å². The van der Waals surface area contributed by atoms with Crippen molar-refractivity contribution in [3.8, 4) is 0 Å². The number of para-hydroxylation sites is 1. The average molecular weight is 492 g/mol. The normalized spacial score (nSPS) is 24.8. The number of carbonyl (C=O) groups is 1. The molecule has 0 saturated carbocycles. The fraction of sp³-hybridized carbons (Fsp3) is 0.391. The van der Waals surface area contributed by atoms with E-state index in [0.717, 1.165) is 12.5 Å². The van der Waals surface area contributed by atoms with Crippen LogP contribution >= 0.6 is 0 Å². The Morgan fingerprint density at radius 2 is 1.69 bits per heavy atom. The van der Waals surface area contributed by atoms with E-state index in [1.165, 1.54) is 31.2 Å². The van der Waals surface area contributed by atoms with Gasteiger partial charge in [0, 0.05) is 11.8 Å². The highest BCUT2D eigenvalue weighted by molar-refractivity contribution is 5.84. The molecule has 2 aromatic rings. The van der Waals surface area contributed by atoms with E-state index in [1.807, 2.05) is 0 Å². The Morgan fingerprint density at radius 1 is 1.06 bits per heavy atom. The first-order valence-electron chi connectivity index (χ1n) is 10.6. The Labute approximate surface area is 199 Å². The van der Waals surface area contributed by atoms with Crippen LogP contribution in [-0.4, -0.2) is 48.7 Å². The Morgan fingerprint density at radius 3 is 2.26 bits per heavy atom. The Kier molecular flexibility index (Phi) is 8.69. The first kappa shape index (κ1) is 26.0. The van der Waals surface area contributed by atoms with Crippen molar-refractivity contribution in [1.82, 2.24) is 0 Å². The maximum Gasteiger partial charge on any atom is 0.468 e. The molecule has 12 heteroatoms. The van der Waals surface area contributed by atoms with Crippen molar-refractivity contribution in [2.75, 3.05) is 0 Å². The van der Waals surface area contributed by atoms with Crippen LogP contribution in [0.3, 0.4) is 0 Å². The highest BCUT2D eigenvalue weighted by Gasteiger charge is 2.51. The summed E-state index contributed by atoms with van der Waals surface area (Å²) < 4.78 is 63.3. The first-order valence-corrected chi connectivity index (χ1v) is 10.6. The fourth-order valence-electron chi connectivity index (χ4n) is 3.46. The lowest BCUT2D eigenvalue weighted by atomic mass is 9.97. The third-order valence-corrected chi connectivity index (χ3v) is 4.99. The Bertz CT molecular complexity index is 1060. The summed E-state index contributed by atoms with van der Waals surface area (Å²) in [4.78, 5) is 18.2. The van der Waals surface area contributed by atoms with Gasteiger partial charge in [0.2, 0.25) is 6.29 Å². The van der Waals surface area contributed by atoms with Crippen LogP contribution in [-0.2, 0) is 30.3 Å². The summed E-state index contributed by atoms with van der Waals surface area (Å²) in [5, 5.41) is 3.68. The second-order valence-corrected chi connectivity index (χ2v) is 7.61. The molecular weight excluding hydrogens is 469 g/mol. The Hall–Kier alpha value is -3.60. The number of hydrogen-bond acceptors (Lipinski definition) is 7. The summed E-state index contributed by atoms with van der Waals surface area (Å²) >= 11 is 0. The predicted octanol–water partition coefficient (Wildman–Crippen LogP) is 5.24. The lowest BCUT2D eigenvalue weighted by Gasteiger charge is -2.43. The van der Waals surface area contributed by atoms with E-state index in [4.69, 9.17) is 24.5 Å². The van der Waals surface area contributed by atoms with Gasteiger partial charge in [0.1, 0.15) is 6.10 Å². The van der Waals surface area contributed by atoms with Crippen molar-refractivity contribution < 1.29 is 36.9 Å². The molecule has 0 N–H and O–H groups in total. The van der Waals surface area contributed by atoms with Crippen LogP contribution in [0.25, 0.3) is 10.4 Å². The zero-order valence-corrected chi connectivity index (χ0v) is 18.8. The number of alkyl halides is 3. The molecule has 0 bridgehead atoms. The number of hydrogen-bond donors (Lipinski definition) is 0. The van der Waals surface area contributed by atoms with E-state index >= 15 is 0 Å². The number of halogens is 3. The molecule has 35 heavy (non-hydrogen) atoms. The van der Waals surface area contributed by atoms with Crippen LogP contribution in [0.4, 0.5) is 18.9 Å². The predicted molar refractivity (Wildman–Crippen MR) is 119 cm³/mol. The molecule has 1 fully saturated rings. The monoisotopic (exact) mass is 492 g/mol. The number of azide groups is 1. The molecule has 1 aliphatic rings. The fourth-order valence-corrected chi connectivity index (χ4v) is 3.46. The molecule has 0 radical (unpaired) electrons. The molecule has 0 unspecified atom stereocenters. The third kappa shape index (κ3) is 7.19. The maximum atomic E-state index is 13.8. The summed E-state index contributed by atoms with van der Waals surface area (Å²) in [5.41, 5.74) is 9.77. The number of carbonyl (C=O) groups excluding carboxylic acids is 1. The lowest BCUT2D eigenvalue weighted by molar-refractivity contribution is -0.266. The van der Waals surface area contributed by atoms with Crippen molar-refractivity contribution in [2.24, 2.45) is 10.1 Å². The van der Waals surface area contributed by atoms with Gasteiger partial charge in [0.15, 0.2) is 6.10 Å². The molecule has 0 amide bonds. The summed E-state index contributed by atoms with van der Waals surface area (Å²) in [6.45, 7) is 2.57. The minimum atomic E-state index is -4.98. The number of ether oxygens (including phenoxy) is 4. The zero-order valence-electron chi connectivity index (χ0n) is 18.8. The van der Waals surface area contributed by atoms with Crippen molar-refractivity contribution in [3.05, 3.63) is 76.7 Å². The quantitative estimate of drug-likeness (QED) is 0.131. The minimum absolute atomic E-state index is 0.00319. The van der Waals surface area contributed by atoms with Crippen molar-refractivity contribution in [2.45, 2.75) is 57.3 Å². The van der Waals surface area contributed by atoms with Gasteiger partial charge in [-0.2, -0.15) is 13.2 Å². The van der Waals surface area contributed by atoms with E-state index in [0.29, 0.717) is 0 Å². The van der Waals surface area contributed by atoms with Crippen LogP contribution in [0.15, 0.2) is 70.8 Å². The van der Waals surface area contributed by atoms with Crippen molar-refractivity contribution in [3.63, 3.8) is 0 Å². The molecule has 5 atom stereocenters. The molecule has 0 spiro atoms. The second-order valence-electron chi connectivity index (χ2n) is 7.61. The molecule has 0 aliphatic carbocycles. The average Bonchev–Trinajstić information content (AvgIpc) is 2.81. The largest absolute Gasteiger partial charge is 0.468 e. The van der Waals surface area contributed by atoms with Crippen LogP contribution in [0.2, 0.25) is 0 Å². The van der Waals surface area contributed by atoms with E-state index in [-0.39, 0.29) is 12.3 Å². The molecule has 1 heterocycles. The van der Waals surface area contributed by atoms with Gasteiger partial charge in [-0.1, -0.05) is 53.6 Å². The van der Waals surface area contributed by atoms with Gasteiger partial charge in [-0.15, -0.1) is 0 Å².